The van der Waals surface area contributed by atoms with Gasteiger partial charge in [-0.2, -0.15) is 4.39 Å². The Kier molecular flexibility index (Phi) is 4.47. The summed E-state index contributed by atoms with van der Waals surface area (Å²) in [5.74, 6) is -1.02. The van der Waals surface area contributed by atoms with E-state index in [2.05, 4.69) is 9.97 Å². The van der Waals surface area contributed by atoms with E-state index in [1.54, 1.807) is 6.07 Å². The molecule has 0 aliphatic heterocycles. The van der Waals surface area contributed by atoms with Crippen molar-refractivity contribution in [3.8, 4) is 33.5 Å². The molecular weight excluding hydrogens is 418 g/mol. The van der Waals surface area contributed by atoms with Crippen LogP contribution in [0.4, 0.5) is 8.78 Å². The topological polar surface area (TPSA) is 38.9 Å². The average Bonchev–Trinajstić information content (AvgIpc) is 3.24. The average molecular weight is 434 g/mol. The Morgan fingerprint density at radius 3 is 2.06 bits per heavy atom. The normalized spacial score (nSPS) is 11.3. The predicted octanol–water partition coefficient (Wildman–Crippen LogP) is 7.66. The lowest BCUT2D eigenvalue weighted by Crippen LogP contribution is -1.88. The summed E-state index contributed by atoms with van der Waals surface area (Å²) in [7, 11) is 0. The first-order valence-electron chi connectivity index (χ1n) is 10.5. The molecule has 0 saturated heterocycles. The number of rotatable bonds is 3. The highest BCUT2D eigenvalue weighted by Gasteiger charge is 2.19. The van der Waals surface area contributed by atoms with E-state index in [4.69, 9.17) is 4.42 Å². The van der Waals surface area contributed by atoms with E-state index in [1.165, 1.54) is 12.3 Å². The van der Waals surface area contributed by atoms with Crippen molar-refractivity contribution < 1.29 is 13.2 Å². The lowest BCUT2D eigenvalue weighted by Gasteiger charge is -2.07. The zero-order valence-corrected chi connectivity index (χ0v) is 17.3. The van der Waals surface area contributed by atoms with Crippen LogP contribution in [0.25, 0.3) is 55.4 Å². The van der Waals surface area contributed by atoms with Crippen LogP contribution in [0, 0.1) is 11.8 Å². The van der Waals surface area contributed by atoms with E-state index in [9.17, 15) is 4.39 Å². The molecular formula is C28H16F2N2O. The fourth-order valence-corrected chi connectivity index (χ4v) is 4.22. The second kappa shape index (κ2) is 7.64. The number of hydrogen-bond acceptors (Lipinski definition) is 3. The number of halogens is 2. The Hall–Kier alpha value is -4.38. The van der Waals surface area contributed by atoms with Gasteiger partial charge in [0.1, 0.15) is 17.0 Å². The van der Waals surface area contributed by atoms with Crippen LogP contribution in [-0.4, -0.2) is 9.97 Å². The fraction of sp³-hybridized carbons (Fsp3) is 0. The summed E-state index contributed by atoms with van der Waals surface area (Å²) in [6.07, 6.45) is 2.43. The van der Waals surface area contributed by atoms with Crippen LogP contribution in [0.15, 0.2) is 102 Å². The van der Waals surface area contributed by atoms with Crippen LogP contribution in [-0.2, 0) is 0 Å². The summed E-state index contributed by atoms with van der Waals surface area (Å²) >= 11 is 0. The summed E-state index contributed by atoms with van der Waals surface area (Å²) in [4.78, 5) is 7.83. The smallest absolute Gasteiger partial charge is 0.231 e. The van der Waals surface area contributed by atoms with Crippen LogP contribution < -0.4 is 0 Å². The van der Waals surface area contributed by atoms with E-state index in [0.717, 1.165) is 33.7 Å². The molecule has 0 unspecified atom stereocenters. The first-order valence-corrected chi connectivity index (χ1v) is 10.5. The van der Waals surface area contributed by atoms with Crippen molar-refractivity contribution in [3.63, 3.8) is 0 Å². The van der Waals surface area contributed by atoms with E-state index in [0.29, 0.717) is 28.0 Å². The fourth-order valence-electron chi connectivity index (χ4n) is 4.22. The molecule has 6 aromatic rings. The van der Waals surface area contributed by atoms with E-state index >= 15 is 4.39 Å². The number of aromatic nitrogens is 2. The van der Waals surface area contributed by atoms with Crippen molar-refractivity contribution in [1.29, 1.82) is 0 Å². The summed E-state index contributed by atoms with van der Waals surface area (Å²) in [5, 5.41) is 1.63. The van der Waals surface area contributed by atoms with Gasteiger partial charge in [0.15, 0.2) is 0 Å². The molecule has 5 heteroatoms. The van der Waals surface area contributed by atoms with Gasteiger partial charge < -0.3 is 4.42 Å². The van der Waals surface area contributed by atoms with Crippen molar-refractivity contribution in [1.82, 2.24) is 9.97 Å². The Bertz CT molecular complexity index is 1610. The molecule has 0 spiro atoms. The van der Waals surface area contributed by atoms with Gasteiger partial charge >= 0.3 is 0 Å². The van der Waals surface area contributed by atoms with Crippen LogP contribution >= 0.6 is 0 Å². The molecule has 2 heterocycles. The lowest BCUT2D eigenvalue weighted by molar-refractivity contribution is 0.577. The highest BCUT2D eigenvalue weighted by atomic mass is 19.1. The van der Waals surface area contributed by atoms with Gasteiger partial charge in [-0.15, -0.1) is 0 Å². The Morgan fingerprint density at radius 1 is 0.576 bits per heavy atom. The van der Waals surface area contributed by atoms with Gasteiger partial charge in [0, 0.05) is 16.3 Å². The molecule has 33 heavy (non-hydrogen) atoms. The first kappa shape index (κ1) is 19.3. The Labute approximate surface area is 188 Å². The highest BCUT2D eigenvalue weighted by molar-refractivity contribution is 6.12. The van der Waals surface area contributed by atoms with Crippen molar-refractivity contribution in [2.24, 2.45) is 0 Å². The number of hydrogen-bond donors (Lipinski definition) is 0. The number of nitrogens with zero attached hydrogens (tertiary/aromatic N) is 2. The summed E-state index contributed by atoms with van der Waals surface area (Å²) in [6, 6.07) is 26.6. The second-order valence-corrected chi connectivity index (χ2v) is 7.75. The molecule has 158 valence electrons. The van der Waals surface area contributed by atoms with Gasteiger partial charge in [0.25, 0.3) is 0 Å². The molecule has 0 bridgehead atoms. The Balaban J connectivity index is 1.54. The molecule has 2 aromatic heterocycles. The highest BCUT2D eigenvalue weighted by Crippen LogP contribution is 2.40. The molecule has 0 aliphatic rings. The Morgan fingerprint density at radius 2 is 1.30 bits per heavy atom. The number of benzene rings is 4. The molecule has 0 saturated carbocycles. The zero-order valence-electron chi connectivity index (χ0n) is 17.3. The van der Waals surface area contributed by atoms with Crippen molar-refractivity contribution in [3.05, 3.63) is 109 Å². The van der Waals surface area contributed by atoms with Gasteiger partial charge in [-0.05, 0) is 34.9 Å². The molecule has 0 N–H and O–H groups in total. The van der Waals surface area contributed by atoms with Crippen LogP contribution in [0.3, 0.4) is 0 Å². The third kappa shape index (κ3) is 3.26. The summed E-state index contributed by atoms with van der Waals surface area (Å²) in [6.45, 7) is 0. The summed E-state index contributed by atoms with van der Waals surface area (Å²) < 4.78 is 34.6. The van der Waals surface area contributed by atoms with Gasteiger partial charge in [-0.25, -0.2) is 14.4 Å². The molecule has 0 atom stereocenters. The maximum absolute atomic E-state index is 15.1. The lowest BCUT2D eigenvalue weighted by atomic mass is 9.98. The molecule has 0 fully saturated rings. The maximum atomic E-state index is 15.1. The third-order valence-corrected chi connectivity index (χ3v) is 5.79. The minimum Gasteiger partial charge on any atom is -0.455 e. The number of fused-ring (bicyclic) bond motifs is 3. The largest absolute Gasteiger partial charge is 0.455 e. The standard InChI is InChI=1S/C28H16F2N2O/c29-23-14-13-21-20-7-4-8-22(24-15-32-25(30)16-31-24)27(20)33-28(21)26(23)19-11-9-18(10-12-19)17-5-2-1-3-6-17/h1-16H. The zero-order chi connectivity index (χ0) is 22.4. The van der Waals surface area contributed by atoms with Gasteiger partial charge in [0.05, 0.1) is 23.7 Å². The van der Waals surface area contributed by atoms with Gasteiger partial charge in [-0.3, -0.25) is 0 Å². The van der Waals surface area contributed by atoms with Crippen LogP contribution in [0.5, 0.6) is 0 Å². The number of para-hydroxylation sites is 1. The predicted molar refractivity (Wildman–Crippen MR) is 126 cm³/mol. The maximum Gasteiger partial charge on any atom is 0.231 e. The molecule has 0 radical (unpaired) electrons. The SMILES string of the molecule is Fc1cnc(-c2cccc3c2oc2c(-c4ccc(-c5ccccc5)cc4)c(F)ccc23)cn1. The van der Waals surface area contributed by atoms with Crippen LogP contribution in [0.1, 0.15) is 0 Å². The quantitative estimate of drug-likeness (QED) is 0.287. The summed E-state index contributed by atoms with van der Waals surface area (Å²) in [5.41, 5.74) is 5.43. The van der Waals surface area contributed by atoms with Crippen molar-refractivity contribution >= 4 is 21.9 Å². The minimum absolute atomic E-state index is 0.364. The molecule has 4 aromatic carbocycles. The van der Waals surface area contributed by atoms with Crippen LogP contribution in [0.2, 0.25) is 0 Å². The van der Waals surface area contributed by atoms with E-state index in [-0.39, 0.29) is 5.82 Å². The van der Waals surface area contributed by atoms with Gasteiger partial charge in [0.2, 0.25) is 5.95 Å². The second-order valence-electron chi connectivity index (χ2n) is 7.75. The minimum atomic E-state index is -0.654. The van der Waals surface area contributed by atoms with E-state index < -0.39 is 5.95 Å². The van der Waals surface area contributed by atoms with Crippen molar-refractivity contribution in [2.75, 3.05) is 0 Å². The monoisotopic (exact) mass is 434 g/mol. The third-order valence-electron chi connectivity index (χ3n) is 5.79. The van der Waals surface area contributed by atoms with E-state index in [1.807, 2.05) is 72.8 Å². The van der Waals surface area contributed by atoms with Gasteiger partial charge in [-0.1, -0.05) is 66.7 Å². The molecule has 0 amide bonds. The first-order chi connectivity index (χ1) is 16.2. The van der Waals surface area contributed by atoms with Crippen molar-refractivity contribution in [2.45, 2.75) is 0 Å². The number of furan rings is 1. The molecule has 3 nitrogen and oxygen atoms in total. The molecule has 0 aliphatic carbocycles. The molecule has 6 rings (SSSR count).